The van der Waals surface area contributed by atoms with Gasteiger partial charge in [-0.2, -0.15) is 0 Å². The molecule has 0 unspecified atom stereocenters. The number of anilines is 1. The number of carbonyl (C=O) groups excluding carboxylic acids is 2. The molecule has 1 heterocycles. The van der Waals surface area contributed by atoms with Crippen LogP contribution >= 0.6 is 0 Å². The van der Waals surface area contributed by atoms with Gasteiger partial charge in [-0.15, -0.1) is 0 Å². The van der Waals surface area contributed by atoms with E-state index in [1.807, 2.05) is 32.9 Å². The van der Waals surface area contributed by atoms with E-state index in [-0.39, 0.29) is 18.8 Å². The number of esters is 2. The Bertz CT molecular complexity index is 814. The summed E-state index contributed by atoms with van der Waals surface area (Å²) in [6, 6.07) is 4.02. The van der Waals surface area contributed by atoms with Crippen LogP contribution in [0.15, 0.2) is 23.9 Å². The van der Waals surface area contributed by atoms with E-state index >= 15 is 0 Å². The van der Waals surface area contributed by atoms with Gasteiger partial charge in [0.15, 0.2) is 5.57 Å². The van der Waals surface area contributed by atoms with Gasteiger partial charge >= 0.3 is 11.9 Å². The summed E-state index contributed by atoms with van der Waals surface area (Å²) in [6.45, 7) is 9.76. The number of hydrogen-bond donors (Lipinski definition) is 2. The van der Waals surface area contributed by atoms with Crippen molar-refractivity contribution in [2.75, 3.05) is 18.5 Å². The van der Waals surface area contributed by atoms with Gasteiger partial charge < -0.3 is 19.8 Å². The van der Waals surface area contributed by atoms with Crippen LogP contribution in [0.2, 0.25) is 0 Å². The zero-order valence-electron chi connectivity index (χ0n) is 15.3. The van der Waals surface area contributed by atoms with E-state index in [1.54, 1.807) is 13.8 Å². The summed E-state index contributed by atoms with van der Waals surface area (Å²) in [5, 5.41) is 4.13. The van der Waals surface area contributed by atoms with Crippen LogP contribution in [0.5, 0.6) is 0 Å². The molecule has 0 aliphatic carbocycles. The number of aryl methyl sites for hydroxylation is 3. The van der Waals surface area contributed by atoms with Crippen LogP contribution in [0, 0.1) is 20.8 Å². The van der Waals surface area contributed by atoms with Crippen molar-refractivity contribution in [1.82, 2.24) is 4.98 Å². The van der Waals surface area contributed by atoms with Gasteiger partial charge in [-0.05, 0) is 57.9 Å². The molecule has 0 atom stereocenters. The predicted molar refractivity (Wildman–Crippen MR) is 97.5 cm³/mol. The van der Waals surface area contributed by atoms with Crippen molar-refractivity contribution in [2.45, 2.75) is 34.6 Å². The van der Waals surface area contributed by atoms with Crippen molar-refractivity contribution >= 4 is 28.5 Å². The Balaban J connectivity index is 2.37. The monoisotopic (exact) mass is 344 g/mol. The van der Waals surface area contributed by atoms with Gasteiger partial charge in [0.1, 0.15) is 0 Å². The van der Waals surface area contributed by atoms with Crippen molar-refractivity contribution in [2.24, 2.45) is 0 Å². The average Bonchev–Trinajstić information content (AvgIpc) is 2.82. The van der Waals surface area contributed by atoms with Crippen LogP contribution in [0.4, 0.5) is 5.69 Å². The quantitative estimate of drug-likeness (QED) is 0.363. The third-order valence-electron chi connectivity index (χ3n) is 4.02. The SMILES string of the molecule is CCOC(=O)C(=CNc1cc2c(C)c(C)[nH]c2cc1C)C(=O)OCC. The summed E-state index contributed by atoms with van der Waals surface area (Å²) >= 11 is 0. The topological polar surface area (TPSA) is 80.4 Å². The van der Waals surface area contributed by atoms with E-state index < -0.39 is 11.9 Å². The van der Waals surface area contributed by atoms with Gasteiger partial charge in [0.25, 0.3) is 0 Å². The largest absolute Gasteiger partial charge is 0.462 e. The van der Waals surface area contributed by atoms with Crippen LogP contribution in [-0.2, 0) is 19.1 Å². The molecule has 0 bridgehead atoms. The van der Waals surface area contributed by atoms with Crippen molar-refractivity contribution < 1.29 is 19.1 Å². The fraction of sp³-hybridized carbons (Fsp3) is 0.368. The first-order chi connectivity index (χ1) is 11.9. The highest BCUT2D eigenvalue weighted by Crippen LogP contribution is 2.27. The first kappa shape index (κ1) is 18.6. The standard InChI is InChI=1S/C19H24N2O4/c1-6-24-18(22)15(19(23)25-7-2)10-20-16-9-14-12(4)13(5)21-17(14)8-11(16)3/h8-10,20-21H,6-7H2,1-5H3. The summed E-state index contributed by atoms with van der Waals surface area (Å²) in [5.74, 6) is -1.42. The molecule has 2 aromatic rings. The number of nitrogens with one attached hydrogen (secondary N) is 2. The van der Waals surface area contributed by atoms with E-state index in [2.05, 4.69) is 10.3 Å². The van der Waals surface area contributed by atoms with Crippen LogP contribution in [0.1, 0.15) is 30.7 Å². The van der Waals surface area contributed by atoms with Crippen molar-refractivity contribution in [3.8, 4) is 0 Å². The van der Waals surface area contributed by atoms with E-state index in [0.29, 0.717) is 0 Å². The maximum atomic E-state index is 12.0. The molecule has 6 nitrogen and oxygen atoms in total. The Hall–Kier alpha value is -2.76. The van der Waals surface area contributed by atoms with E-state index in [0.717, 1.165) is 33.4 Å². The molecule has 2 N–H and O–H groups in total. The molecule has 0 spiro atoms. The van der Waals surface area contributed by atoms with Crippen molar-refractivity contribution in [3.63, 3.8) is 0 Å². The van der Waals surface area contributed by atoms with Gasteiger partial charge in [0.2, 0.25) is 0 Å². The van der Waals surface area contributed by atoms with Crippen LogP contribution < -0.4 is 5.32 Å². The average molecular weight is 344 g/mol. The molecule has 0 fully saturated rings. The molecule has 0 aliphatic heterocycles. The van der Waals surface area contributed by atoms with Crippen molar-refractivity contribution in [1.29, 1.82) is 0 Å². The van der Waals surface area contributed by atoms with E-state index in [1.165, 1.54) is 6.20 Å². The molecule has 1 aromatic carbocycles. The minimum Gasteiger partial charge on any atom is -0.462 e. The number of rotatable bonds is 6. The van der Waals surface area contributed by atoms with Gasteiger partial charge in [-0.25, -0.2) is 9.59 Å². The molecule has 6 heteroatoms. The minimum absolute atomic E-state index is 0.162. The second-order valence-corrected chi connectivity index (χ2v) is 5.73. The molecule has 25 heavy (non-hydrogen) atoms. The number of aromatic amines is 1. The Morgan fingerprint density at radius 2 is 1.68 bits per heavy atom. The second kappa shape index (κ2) is 7.88. The highest BCUT2D eigenvalue weighted by molar-refractivity contribution is 6.14. The number of carbonyl (C=O) groups is 2. The highest BCUT2D eigenvalue weighted by Gasteiger charge is 2.21. The lowest BCUT2D eigenvalue weighted by Gasteiger charge is -2.10. The van der Waals surface area contributed by atoms with Gasteiger partial charge in [-0.3, -0.25) is 0 Å². The number of ether oxygens (including phenoxy) is 2. The Labute approximate surface area is 147 Å². The molecule has 1 aromatic heterocycles. The van der Waals surface area contributed by atoms with Crippen molar-refractivity contribution in [3.05, 3.63) is 40.7 Å². The lowest BCUT2D eigenvalue weighted by molar-refractivity contribution is -0.146. The molecular weight excluding hydrogens is 320 g/mol. The number of aromatic nitrogens is 1. The fourth-order valence-electron chi connectivity index (χ4n) is 2.54. The number of H-pyrrole nitrogens is 1. The Morgan fingerprint density at radius 3 is 2.24 bits per heavy atom. The number of hydrogen-bond acceptors (Lipinski definition) is 5. The van der Waals surface area contributed by atoms with Crippen LogP contribution in [-0.4, -0.2) is 30.1 Å². The van der Waals surface area contributed by atoms with Gasteiger partial charge in [0.05, 0.1) is 13.2 Å². The lowest BCUT2D eigenvalue weighted by atomic mass is 10.1. The fourth-order valence-corrected chi connectivity index (χ4v) is 2.54. The third kappa shape index (κ3) is 4.02. The smallest absolute Gasteiger partial charge is 0.347 e. The molecule has 0 amide bonds. The Morgan fingerprint density at radius 1 is 1.08 bits per heavy atom. The Kier molecular flexibility index (Phi) is 5.85. The molecule has 0 saturated heterocycles. The van der Waals surface area contributed by atoms with Crippen LogP contribution in [0.25, 0.3) is 10.9 Å². The number of benzene rings is 1. The highest BCUT2D eigenvalue weighted by atomic mass is 16.6. The van der Waals surface area contributed by atoms with Crippen LogP contribution in [0.3, 0.4) is 0 Å². The molecular formula is C19H24N2O4. The molecule has 2 rings (SSSR count). The van der Waals surface area contributed by atoms with Gasteiger partial charge in [-0.1, -0.05) is 0 Å². The first-order valence-electron chi connectivity index (χ1n) is 8.29. The zero-order valence-corrected chi connectivity index (χ0v) is 15.3. The molecule has 0 aliphatic rings. The summed E-state index contributed by atoms with van der Waals surface area (Å²) in [6.07, 6.45) is 1.35. The summed E-state index contributed by atoms with van der Waals surface area (Å²) in [5.41, 5.74) is 4.96. The third-order valence-corrected chi connectivity index (χ3v) is 4.02. The van der Waals surface area contributed by atoms with E-state index in [9.17, 15) is 9.59 Å². The summed E-state index contributed by atoms with van der Waals surface area (Å²) in [4.78, 5) is 27.3. The maximum Gasteiger partial charge on any atom is 0.347 e. The maximum absolute atomic E-state index is 12.0. The number of fused-ring (bicyclic) bond motifs is 1. The van der Waals surface area contributed by atoms with Gasteiger partial charge in [0, 0.05) is 28.5 Å². The zero-order chi connectivity index (χ0) is 18.6. The van der Waals surface area contributed by atoms with E-state index in [4.69, 9.17) is 9.47 Å². The predicted octanol–water partition coefficient (Wildman–Crippen LogP) is 3.52. The summed E-state index contributed by atoms with van der Waals surface area (Å²) in [7, 11) is 0. The normalized spacial score (nSPS) is 10.4. The molecule has 0 saturated carbocycles. The molecule has 0 radical (unpaired) electrons. The second-order valence-electron chi connectivity index (χ2n) is 5.73. The summed E-state index contributed by atoms with van der Waals surface area (Å²) < 4.78 is 9.86. The minimum atomic E-state index is -0.708. The molecule has 134 valence electrons. The lowest BCUT2D eigenvalue weighted by Crippen LogP contribution is -2.19. The first-order valence-corrected chi connectivity index (χ1v) is 8.29.